The van der Waals surface area contributed by atoms with Crippen molar-refractivity contribution in [3.63, 3.8) is 0 Å². The van der Waals surface area contributed by atoms with E-state index in [1.165, 1.54) is 0 Å². The number of hydrogen-bond donors (Lipinski definition) is 1. The van der Waals surface area contributed by atoms with Gasteiger partial charge in [0, 0.05) is 6.42 Å². The van der Waals surface area contributed by atoms with Crippen LogP contribution in [0.25, 0.3) is 0 Å². The van der Waals surface area contributed by atoms with E-state index in [4.69, 9.17) is 5.73 Å². The highest BCUT2D eigenvalue weighted by Crippen LogP contribution is 2.18. The third kappa shape index (κ3) is 3.04. The summed E-state index contributed by atoms with van der Waals surface area (Å²) in [5, 5.41) is 10.6. The van der Waals surface area contributed by atoms with Gasteiger partial charge in [0.1, 0.15) is 12.0 Å². The summed E-state index contributed by atoms with van der Waals surface area (Å²) in [4.78, 5) is 18.0. The summed E-state index contributed by atoms with van der Waals surface area (Å²) in [6.45, 7) is 4.03. The van der Waals surface area contributed by atoms with E-state index in [0.29, 0.717) is 12.2 Å². The van der Waals surface area contributed by atoms with Crippen LogP contribution in [0.2, 0.25) is 0 Å². The Balaban J connectivity index is 2.28. The van der Waals surface area contributed by atoms with Crippen LogP contribution in [-0.4, -0.2) is 14.9 Å². The molecular weight excluding hydrogens is 244 g/mol. The molecule has 1 aromatic carbocycles. The van der Waals surface area contributed by atoms with E-state index in [0.717, 1.165) is 22.9 Å². The molecule has 0 aliphatic carbocycles. The number of aromatic nitrogens is 2. The molecule has 1 aromatic heterocycles. The van der Waals surface area contributed by atoms with Crippen LogP contribution in [0, 0.1) is 24.0 Å². The highest BCUT2D eigenvalue weighted by molar-refractivity contribution is 5.50. The number of nitrogen functional groups attached to an aromatic ring is 1. The van der Waals surface area contributed by atoms with Gasteiger partial charge in [0.05, 0.1) is 4.92 Å². The van der Waals surface area contributed by atoms with Crippen LogP contribution < -0.4 is 5.73 Å². The van der Waals surface area contributed by atoms with Crippen LogP contribution in [0.1, 0.15) is 22.5 Å². The van der Waals surface area contributed by atoms with Crippen molar-refractivity contribution in [1.29, 1.82) is 0 Å². The molecule has 0 bridgehead atoms. The number of nitrogens with two attached hydrogens (primary N) is 1. The Labute approximate surface area is 110 Å². The number of nitrogens with zero attached hydrogens (tertiary/aromatic N) is 3. The maximum absolute atomic E-state index is 10.6. The molecule has 6 heteroatoms. The molecule has 0 aliphatic heterocycles. The molecule has 2 aromatic rings. The number of hydrogen-bond acceptors (Lipinski definition) is 5. The van der Waals surface area contributed by atoms with Gasteiger partial charge in [-0.05, 0) is 19.4 Å². The van der Waals surface area contributed by atoms with Gasteiger partial charge in [-0.3, -0.25) is 10.1 Å². The van der Waals surface area contributed by atoms with Gasteiger partial charge in [-0.25, -0.2) is 9.97 Å². The molecular formula is C13H14N4O2. The molecule has 6 nitrogen and oxygen atoms in total. The number of benzene rings is 1. The molecule has 0 aliphatic rings. The molecule has 0 radical (unpaired) electrons. The second-order valence-corrected chi connectivity index (χ2v) is 4.49. The van der Waals surface area contributed by atoms with Gasteiger partial charge >= 0.3 is 5.69 Å². The van der Waals surface area contributed by atoms with Crippen LogP contribution in [0.3, 0.4) is 0 Å². The molecule has 0 unspecified atom stereocenters. The molecule has 0 saturated heterocycles. The van der Waals surface area contributed by atoms with Crippen LogP contribution in [-0.2, 0) is 6.42 Å². The lowest BCUT2D eigenvalue weighted by Gasteiger charge is -2.05. The molecule has 19 heavy (non-hydrogen) atoms. The summed E-state index contributed by atoms with van der Waals surface area (Å²) in [5.41, 5.74) is 8.66. The zero-order chi connectivity index (χ0) is 14.0. The van der Waals surface area contributed by atoms with E-state index >= 15 is 0 Å². The summed E-state index contributed by atoms with van der Waals surface area (Å²) in [6, 6.07) is 6.15. The minimum Gasteiger partial charge on any atom is -0.378 e. The lowest BCUT2D eigenvalue weighted by molar-refractivity contribution is -0.384. The summed E-state index contributed by atoms with van der Waals surface area (Å²) >= 11 is 0. The summed E-state index contributed by atoms with van der Waals surface area (Å²) in [6.07, 6.45) is 1.66. The smallest absolute Gasteiger partial charge is 0.329 e. The highest BCUT2D eigenvalue weighted by atomic mass is 16.6. The van der Waals surface area contributed by atoms with Gasteiger partial charge < -0.3 is 5.73 Å². The van der Waals surface area contributed by atoms with Crippen molar-refractivity contribution in [3.8, 4) is 0 Å². The minimum absolute atomic E-state index is 0.0978. The Hall–Kier alpha value is -2.50. The van der Waals surface area contributed by atoms with E-state index in [1.54, 1.807) is 0 Å². The summed E-state index contributed by atoms with van der Waals surface area (Å²) < 4.78 is 0. The maximum Gasteiger partial charge on any atom is 0.329 e. The summed E-state index contributed by atoms with van der Waals surface area (Å²) in [5.74, 6) is 0.382. The van der Waals surface area contributed by atoms with Crippen molar-refractivity contribution in [3.05, 3.63) is 57.0 Å². The van der Waals surface area contributed by atoms with E-state index in [1.807, 2.05) is 26.0 Å². The third-order valence-corrected chi connectivity index (χ3v) is 2.69. The van der Waals surface area contributed by atoms with Gasteiger partial charge in [0.15, 0.2) is 0 Å². The van der Waals surface area contributed by atoms with Crippen molar-refractivity contribution < 1.29 is 4.92 Å². The average molecular weight is 258 g/mol. The SMILES string of the molecule is Cc1cc(C)cc(Cc2ncc([N+](=O)[O-])c(N)n2)c1. The Morgan fingerprint density at radius 3 is 2.42 bits per heavy atom. The molecule has 0 atom stereocenters. The lowest BCUT2D eigenvalue weighted by Crippen LogP contribution is -2.04. The normalized spacial score (nSPS) is 10.4. The Morgan fingerprint density at radius 1 is 1.26 bits per heavy atom. The van der Waals surface area contributed by atoms with Crippen LogP contribution >= 0.6 is 0 Å². The second-order valence-electron chi connectivity index (χ2n) is 4.49. The fraction of sp³-hybridized carbons (Fsp3) is 0.231. The van der Waals surface area contributed by atoms with E-state index < -0.39 is 4.92 Å². The predicted octanol–water partition coefficient (Wildman–Crippen LogP) is 2.17. The zero-order valence-electron chi connectivity index (χ0n) is 10.8. The van der Waals surface area contributed by atoms with Crippen molar-refractivity contribution in [2.75, 3.05) is 5.73 Å². The summed E-state index contributed by atoms with van der Waals surface area (Å²) in [7, 11) is 0. The molecule has 0 fully saturated rings. The van der Waals surface area contributed by atoms with Gasteiger partial charge in [-0.1, -0.05) is 29.3 Å². The zero-order valence-corrected chi connectivity index (χ0v) is 10.8. The Morgan fingerprint density at radius 2 is 1.89 bits per heavy atom. The Bertz CT molecular complexity index is 620. The van der Waals surface area contributed by atoms with Crippen molar-refractivity contribution >= 4 is 11.5 Å². The quantitative estimate of drug-likeness (QED) is 0.672. The first-order chi connectivity index (χ1) is 8.95. The number of rotatable bonds is 3. The third-order valence-electron chi connectivity index (χ3n) is 2.69. The van der Waals surface area contributed by atoms with Crippen molar-refractivity contribution in [2.45, 2.75) is 20.3 Å². The topological polar surface area (TPSA) is 94.9 Å². The van der Waals surface area contributed by atoms with Crippen LogP contribution in [0.5, 0.6) is 0 Å². The molecule has 0 spiro atoms. The fourth-order valence-corrected chi connectivity index (χ4v) is 2.01. The number of anilines is 1. The predicted molar refractivity (Wildman–Crippen MR) is 71.8 cm³/mol. The number of aryl methyl sites for hydroxylation is 2. The standard InChI is InChI=1S/C13H14N4O2/c1-8-3-9(2)5-10(4-8)6-12-15-7-11(17(18)19)13(14)16-12/h3-5,7H,6H2,1-2H3,(H2,14,15,16). The van der Waals surface area contributed by atoms with Gasteiger partial charge in [0.2, 0.25) is 5.82 Å². The molecule has 0 saturated carbocycles. The number of nitro groups is 1. The first-order valence-electron chi connectivity index (χ1n) is 5.78. The van der Waals surface area contributed by atoms with Crippen LogP contribution in [0.4, 0.5) is 11.5 Å². The van der Waals surface area contributed by atoms with Gasteiger partial charge in [-0.2, -0.15) is 0 Å². The first kappa shape index (κ1) is 12.9. The van der Waals surface area contributed by atoms with Crippen LogP contribution in [0.15, 0.2) is 24.4 Å². The highest BCUT2D eigenvalue weighted by Gasteiger charge is 2.14. The first-order valence-corrected chi connectivity index (χ1v) is 5.78. The maximum atomic E-state index is 10.6. The van der Waals surface area contributed by atoms with Gasteiger partial charge in [0.25, 0.3) is 0 Å². The molecule has 1 heterocycles. The monoisotopic (exact) mass is 258 g/mol. The lowest BCUT2D eigenvalue weighted by atomic mass is 10.0. The van der Waals surface area contributed by atoms with Crippen molar-refractivity contribution in [1.82, 2.24) is 9.97 Å². The Kier molecular flexibility index (Phi) is 3.41. The largest absolute Gasteiger partial charge is 0.378 e. The van der Waals surface area contributed by atoms with E-state index in [2.05, 4.69) is 16.0 Å². The van der Waals surface area contributed by atoms with Gasteiger partial charge in [-0.15, -0.1) is 0 Å². The minimum atomic E-state index is -0.587. The molecule has 2 rings (SSSR count). The van der Waals surface area contributed by atoms with E-state index in [9.17, 15) is 10.1 Å². The molecule has 0 amide bonds. The average Bonchev–Trinajstić information content (AvgIpc) is 2.26. The fourth-order valence-electron chi connectivity index (χ4n) is 2.01. The second kappa shape index (κ2) is 5.01. The van der Waals surface area contributed by atoms with E-state index in [-0.39, 0.29) is 11.5 Å². The molecule has 98 valence electrons. The molecule has 2 N–H and O–H groups in total. The van der Waals surface area contributed by atoms with Crippen molar-refractivity contribution in [2.24, 2.45) is 0 Å².